The third-order valence-corrected chi connectivity index (χ3v) is 7.79. The van der Waals surface area contributed by atoms with Gasteiger partial charge in [-0.1, -0.05) is 30.3 Å². The Balaban J connectivity index is 1.73. The zero-order valence-electron chi connectivity index (χ0n) is 16.1. The van der Waals surface area contributed by atoms with Crippen LogP contribution >= 0.6 is 11.3 Å². The smallest absolute Gasteiger partial charge is 0.225 e. The van der Waals surface area contributed by atoms with E-state index in [2.05, 4.69) is 5.32 Å². The summed E-state index contributed by atoms with van der Waals surface area (Å²) in [5.41, 5.74) is 1.37. The van der Waals surface area contributed by atoms with Crippen LogP contribution in [-0.2, 0) is 14.6 Å². The van der Waals surface area contributed by atoms with E-state index in [4.69, 9.17) is 4.74 Å². The Hall–Kier alpha value is -2.64. The number of anilines is 1. The van der Waals surface area contributed by atoms with E-state index in [0.29, 0.717) is 5.69 Å². The van der Waals surface area contributed by atoms with Gasteiger partial charge in [0, 0.05) is 22.6 Å². The zero-order valence-corrected chi connectivity index (χ0v) is 17.7. The van der Waals surface area contributed by atoms with Gasteiger partial charge in [-0.3, -0.25) is 4.79 Å². The van der Waals surface area contributed by atoms with Gasteiger partial charge < -0.3 is 10.1 Å². The lowest BCUT2D eigenvalue weighted by Crippen LogP contribution is -2.23. The normalized spacial score (nSPS) is 16.4. The average molecular weight is 428 g/mol. The summed E-state index contributed by atoms with van der Waals surface area (Å²) in [6.07, 6.45) is 0.360. The van der Waals surface area contributed by atoms with Crippen molar-refractivity contribution in [1.82, 2.24) is 0 Å². The first-order valence-electron chi connectivity index (χ1n) is 9.34. The Morgan fingerprint density at radius 3 is 2.41 bits per heavy atom. The van der Waals surface area contributed by atoms with Crippen molar-refractivity contribution >= 4 is 32.8 Å². The molecule has 150 valence electrons. The number of hydrogen-bond acceptors (Lipinski definition) is 5. The van der Waals surface area contributed by atoms with E-state index in [1.165, 1.54) is 11.3 Å². The molecule has 1 amide bonds. The van der Waals surface area contributed by atoms with Gasteiger partial charge in [0.05, 0.1) is 16.7 Å². The minimum absolute atomic E-state index is 0.0796. The van der Waals surface area contributed by atoms with E-state index in [1.54, 1.807) is 35.7 Å². The number of nitrogens with one attached hydrogen (secondary N) is 1. The third-order valence-electron chi connectivity index (χ3n) is 4.75. The maximum Gasteiger partial charge on any atom is 0.225 e. The van der Waals surface area contributed by atoms with Crippen LogP contribution in [-0.4, -0.2) is 20.4 Å². The fraction of sp³-hybridized carbons (Fsp3) is 0.227. The van der Waals surface area contributed by atoms with E-state index in [-0.39, 0.29) is 34.1 Å². The van der Waals surface area contributed by atoms with Crippen LogP contribution in [0.2, 0.25) is 0 Å². The van der Waals surface area contributed by atoms with Crippen molar-refractivity contribution in [2.75, 3.05) is 5.32 Å². The number of sulfone groups is 1. The molecule has 0 saturated heterocycles. The van der Waals surface area contributed by atoms with Crippen molar-refractivity contribution in [3.05, 3.63) is 70.4 Å². The van der Waals surface area contributed by atoms with E-state index >= 15 is 0 Å². The van der Waals surface area contributed by atoms with Crippen LogP contribution in [0.15, 0.2) is 69.8 Å². The van der Waals surface area contributed by atoms with Crippen LogP contribution in [0.5, 0.6) is 5.75 Å². The number of ether oxygens (including phenoxy) is 1. The first-order valence-corrected chi connectivity index (χ1v) is 11.7. The maximum absolute atomic E-state index is 13.1. The van der Waals surface area contributed by atoms with Crippen LogP contribution in [0.4, 0.5) is 5.69 Å². The van der Waals surface area contributed by atoms with Gasteiger partial charge in [0.1, 0.15) is 10.6 Å². The SMILES string of the molecule is CC(C)Oc1ccc([C@H]2CC(=O)Nc3c(S(=O)(=O)c4ccccc4)csc32)cc1. The first kappa shape index (κ1) is 19.7. The molecule has 0 fully saturated rings. The zero-order chi connectivity index (χ0) is 20.6. The lowest BCUT2D eigenvalue weighted by Gasteiger charge is -2.24. The molecular formula is C22H21NO4S2. The van der Waals surface area contributed by atoms with Crippen molar-refractivity contribution in [2.45, 2.75) is 42.1 Å². The minimum atomic E-state index is -3.71. The summed E-state index contributed by atoms with van der Waals surface area (Å²) >= 11 is 1.37. The number of amides is 1. The topological polar surface area (TPSA) is 72.5 Å². The molecule has 3 aromatic rings. The van der Waals surface area contributed by atoms with Crippen LogP contribution in [0, 0.1) is 0 Å². The van der Waals surface area contributed by atoms with Crippen molar-refractivity contribution in [3.63, 3.8) is 0 Å². The molecule has 0 unspecified atom stereocenters. The molecule has 0 radical (unpaired) electrons. The van der Waals surface area contributed by atoms with Crippen molar-refractivity contribution in [2.24, 2.45) is 0 Å². The Bertz CT molecular complexity index is 1130. The van der Waals surface area contributed by atoms with E-state index in [9.17, 15) is 13.2 Å². The monoisotopic (exact) mass is 427 g/mol. The van der Waals surface area contributed by atoms with Gasteiger partial charge >= 0.3 is 0 Å². The van der Waals surface area contributed by atoms with Crippen molar-refractivity contribution in [1.29, 1.82) is 0 Å². The molecule has 2 aromatic carbocycles. The molecule has 1 aromatic heterocycles. The highest BCUT2D eigenvalue weighted by molar-refractivity contribution is 7.91. The quantitative estimate of drug-likeness (QED) is 0.632. The van der Waals surface area contributed by atoms with Gasteiger partial charge in [0.25, 0.3) is 0 Å². The summed E-state index contributed by atoms with van der Waals surface area (Å²) in [6, 6.07) is 15.9. The summed E-state index contributed by atoms with van der Waals surface area (Å²) in [7, 11) is -3.71. The fourth-order valence-corrected chi connectivity index (χ4v) is 6.38. The number of carbonyl (C=O) groups is 1. The lowest BCUT2D eigenvalue weighted by molar-refractivity contribution is -0.116. The van der Waals surface area contributed by atoms with Crippen LogP contribution < -0.4 is 10.1 Å². The third kappa shape index (κ3) is 3.80. The molecular weight excluding hydrogens is 406 g/mol. The summed E-state index contributed by atoms with van der Waals surface area (Å²) in [5, 5.41) is 4.42. The Labute approximate surface area is 174 Å². The highest BCUT2D eigenvalue weighted by Gasteiger charge is 2.34. The molecule has 4 rings (SSSR count). The maximum atomic E-state index is 13.1. The van der Waals surface area contributed by atoms with Crippen molar-refractivity contribution in [3.8, 4) is 5.75 Å². The number of rotatable bonds is 5. The molecule has 0 aliphatic carbocycles. The first-order chi connectivity index (χ1) is 13.9. The van der Waals surface area contributed by atoms with Gasteiger partial charge in [-0.25, -0.2) is 8.42 Å². The standard InChI is InChI=1S/C22H21NO4S2/c1-14(2)27-16-10-8-15(9-11-16)18-12-20(24)23-21-19(13-28-22(18)21)29(25,26)17-6-4-3-5-7-17/h3-11,13-14,18H,12H2,1-2H3,(H,23,24)/t18-/m1/s1. The number of hydrogen-bond donors (Lipinski definition) is 1. The van der Waals surface area contributed by atoms with Crippen molar-refractivity contribution < 1.29 is 17.9 Å². The number of benzene rings is 2. The highest BCUT2D eigenvalue weighted by atomic mass is 32.2. The van der Waals surface area contributed by atoms with Crippen LogP contribution in [0.1, 0.15) is 36.6 Å². The van der Waals surface area contributed by atoms with Gasteiger partial charge in [-0.05, 0) is 43.7 Å². The lowest BCUT2D eigenvalue weighted by atomic mass is 9.90. The Kier molecular flexibility index (Phi) is 5.19. The molecule has 1 aliphatic rings. The Morgan fingerprint density at radius 2 is 1.76 bits per heavy atom. The number of thiophene rings is 1. The molecule has 1 aliphatic heterocycles. The van der Waals surface area contributed by atoms with Gasteiger partial charge in [-0.15, -0.1) is 11.3 Å². The summed E-state index contributed by atoms with van der Waals surface area (Å²) in [6.45, 7) is 3.93. The van der Waals surface area contributed by atoms with Crippen LogP contribution in [0.25, 0.3) is 0 Å². The van der Waals surface area contributed by atoms with E-state index in [0.717, 1.165) is 16.2 Å². The molecule has 1 N–H and O–H groups in total. The van der Waals surface area contributed by atoms with Crippen LogP contribution in [0.3, 0.4) is 0 Å². The fourth-order valence-electron chi connectivity index (χ4n) is 3.45. The summed E-state index contributed by atoms with van der Waals surface area (Å²) < 4.78 is 31.9. The molecule has 1 atom stereocenters. The largest absolute Gasteiger partial charge is 0.491 e. The van der Waals surface area contributed by atoms with Gasteiger partial charge in [0.2, 0.25) is 15.7 Å². The summed E-state index contributed by atoms with van der Waals surface area (Å²) in [4.78, 5) is 13.6. The second-order valence-corrected chi connectivity index (χ2v) is 10.0. The Morgan fingerprint density at radius 1 is 1.07 bits per heavy atom. The second-order valence-electron chi connectivity index (χ2n) is 7.20. The molecule has 5 nitrogen and oxygen atoms in total. The minimum Gasteiger partial charge on any atom is -0.491 e. The molecule has 0 saturated carbocycles. The second kappa shape index (κ2) is 7.65. The number of carbonyl (C=O) groups excluding carboxylic acids is 1. The molecule has 7 heteroatoms. The van der Waals surface area contributed by atoms with Gasteiger partial charge in [-0.2, -0.15) is 0 Å². The molecule has 0 spiro atoms. The predicted octanol–water partition coefficient (Wildman–Crippen LogP) is 4.84. The molecule has 0 bridgehead atoms. The predicted molar refractivity (Wildman–Crippen MR) is 114 cm³/mol. The highest BCUT2D eigenvalue weighted by Crippen LogP contribution is 2.46. The average Bonchev–Trinajstić information content (AvgIpc) is 3.13. The summed E-state index contributed by atoms with van der Waals surface area (Å²) in [5.74, 6) is 0.396. The molecule has 2 heterocycles. The number of fused-ring (bicyclic) bond motifs is 1. The van der Waals surface area contributed by atoms with Gasteiger partial charge in [0.15, 0.2) is 0 Å². The van der Waals surface area contributed by atoms with E-state index < -0.39 is 9.84 Å². The molecule has 29 heavy (non-hydrogen) atoms. The van der Waals surface area contributed by atoms with E-state index in [1.807, 2.05) is 38.1 Å².